The Kier molecular flexibility index (Phi) is 2.39. The number of sulfonamides is 1. The number of hydrogen-bond donors (Lipinski definition) is 1. The van der Waals surface area contributed by atoms with Gasteiger partial charge in [-0.2, -0.15) is 0 Å². The molecule has 66 valence electrons. The molecule has 12 heavy (non-hydrogen) atoms. The first-order valence-corrected chi connectivity index (χ1v) is 4.98. The lowest BCUT2D eigenvalue weighted by molar-refractivity contribution is 0.595. The molecule has 0 saturated heterocycles. The van der Waals surface area contributed by atoms with E-state index in [0.717, 1.165) is 5.69 Å². The van der Waals surface area contributed by atoms with Gasteiger partial charge in [0.15, 0.2) is 0 Å². The number of hydrogen-bond acceptors (Lipinski definition) is 4. The van der Waals surface area contributed by atoms with Crippen molar-refractivity contribution in [2.75, 3.05) is 0 Å². The van der Waals surface area contributed by atoms with E-state index in [0.29, 0.717) is 0 Å². The Balaban J connectivity index is 2.91. The van der Waals surface area contributed by atoms with Gasteiger partial charge in [0, 0.05) is 11.9 Å². The zero-order valence-corrected chi connectivity index (χ0v) is 7.37. The van der Waals surface area contributed by atoms with Crippen molar-refractivity contribution in [1.29, 1.82) is 0 Å². The molecule has 0 fully saturated rings. The number of rotatable bonds is 2. The van der Waals surface area contributed by atoms with Crippen LogP contribution in [0.25, 0.3) is 0 Å². The van der Waals surface area contributed by atoms with E-state index in [-0.39, 0.29) is 11.6 Å². The first-order chi connectivity index (χ1) is 5.47. The predicted molar refractivity (Wildman–Crippen MR) is 43.6 cm³/mol. The van der Waals surface area contributed by atoms with Gasteiger partial charge in [-0.15, -0.1) is 0 Å². The molecule has 2 N–H and O–H groups in total. The van der Waals surface area contributed by atoms with Crippen LogP contribution in [0.15, 0.2) is 12.3 Å². The van der Waals surface area contributed by atoms with Crippen LogP contribution in [0.2, 0.25) is 0 Å². The summed E-state index contributed by atoms with van der Waals surface area (Å²) in [4.78, 5) is 7.64. The third kappa shape index (κ3) is 2.93. The highest BCUT2D eigenvalue weighted by atomic mass is 32.2. The smallest absolute Gasteiger partial charge is 0.216 e. The Labute approximate surface area is 70.7 Å². The van der Waals surface area contributed by atoms with Gasteiger partial charge in [0.05, 0.1) is 0 Å². The highest BCUT2D eigenvalue weighted by Crippen LogP contribution is 1.96. The van der Waals surface area contributed by atoms with Gasteiger partial charge >= 0.3 is 0 Å². The molecule has 0 amide bonds. The minimum Gasteiger partial charge on any atom is -0.240 e. The van der Waals surface area contributed by atoms with Crippen LogP contribution in [0, 0.1) is 6.92 Å². The summed E-state index contributed by atoms with van der Waals surface area (Å²) >= 11 is 0. The van der Waals surface area contributed by atoms with E-state index in [1.807, 2.05) is 0 Å². The molecule has 0 aliphatic carbocycles. The molecule has 1 heterocycles. The summed E-state index contributed by atoms with van der Waals surface area (Å²) in [7, 11) is -3.52. The lowest BCUT2D eigenvalue weighted by atomic mass is 10.4. The number of aryl methyl sites for hydroxylation is 1. The zero-order chi connectivity index (χ0) is 9.19. The third-order valence-electron chi connectivity index (χ3n) is 1.17. The van der Waals surface area contributed by atoms with Crippen LogP contribution in [0.1, 0.15) is 11.5 Å². The van der Waals surface area contributed by atoms with E-state index in [4.69, 9.17) is 5.14 Å². The number of nitrogens with zero attached hydrogens (tertiary/aromatic N) is 2. The molecule has 0 aromatic carbocycles. The third-order valence-corrected chi connectivity index (χ3v) is 1.84. The highest BCUT2D eigenvalue weighted by Gasteiger charge is 2.06. The number of nitrogens with two attached hydrogens (primary N) is 1. The Morgan fingerprint density at radius 1 is 1.58 bits per heavy atom. The Morgan fingerprint density at radius 3 is 2.75 bits per heavy atom. The summed E-state index contributed by atoms with van der Waals surface area (Å²) in [6.45, 7) is 1.76. The van der Waals surface area contributed by atoms with Crippen LogP contribution in [-0.4, -0.2) is 18.4 Å². The predicted octanol–water partition coefficient (Wildman–Crippen LogP) is -0.426. The van der Waals surface area contributed by atoms with E-state index in [9.17, 15) is 8.42 Å². The topological polar surface area (TPSA) is 85.9 Å². The monoisotopic (exact) mass is 187 g/mol. The second-order valence-corrected chi connectivity index (χ2v) is 4.04. The van der Waals surface area contributed by atoms with Crippen molar-refractivity contribution in [2.24, 2.45) is 5.14 Å². The quantitative estimate of drug-likeness (QED) is 0.681. The fourth-order valence-electron chi connectivity index (χ4n) is 0.750. The molecular formula is C6H9N3O2S. The first-order valence-electron chi connectivity index (χ1n) is 3.26. The van der Waals surface area contributed by atoms with Crippen LogP contribution in [-0.2, 0) is 15.8 Å². The summed E-state index contributed by atoms with van der Waals surface area (Å²) in [6.07, 6.45) is 1.50. The first kappa shape index (κ1) is 9.08. The molecule has 6 heteroatoms. The lowest BCUT2D eigenvalue weighted by Crippen LogP contribution is -2.16. The van der Waals surface area contributed by atoms with E-state index in [1.165, 1.54) is 6.20 Å². The molecule has 0 unspecified atom stereocenters. The summed E-state index contributed by atoms with van der Waals surface area (Å²) in [6, 6.07) is 1.69. The van der Waals surface area contributed by atoms with Crippen molar-refractivity contribution in [1.82, 2.24) is 9.97 Å². The maximum absolute atomic E-state index is 10.6. The number of aromatic nitrogens is 2. The Bertz CT molecular complexity index is 374. The molecular weight excluding hydrogens is 178 g/mol. The standard InChI is InChI=1S/C6H9N3O2S/c1-5-2-3-8-6(9-5)4-12(7,10)11/h2-3H,4H2,1H3,(H2,7,10,11). The molecule has 0 aliphatic heterocycles. The van der Waals surface area contributed by atoms with Gasteiger partial charge in [0.2, 0.25) is 10.0 Å². The van der Waals surface area contributed by atoms with Crippen molar-refractivity contribution >= 4 is 10.0 Å². The highest BCUT2D eigenvalue weighted by molar-refractivity contribution is 7.88. The Hall–Kier alpha value is -1.01. The number of primary sulfonamides is 1. The summed E-state index contributed by atoms with van der Waals surface area (Å²) in [5, 5.41) is 4.81. The van der Waals surface area contributed by atoms with Crippen molar-refractivity contribution in [3.8, 4) is 0 Å². The summed E-state index contributed by atoms with van der Waals surface area (Å²) in [5.41, 5.74) is 0.726. The summed E-state index contributed by atoms with van der Waals surface area (Å²) in [5.74, 6) is -0.0770. The molecule has 0 aliphatic rings. The van der Waals surface area contributed by atoms with Gasteiger partial charge in [-0.25, -0.2) is 23.5 Å². The molecule has 1 rings (SSSR count). The molecule has 1 aromatic heterocycles. The van der Waals surface area contributed by atoms with Crippen LogP contribution >= 0.6 is 0 Å². The molecule has 0 radical (unpaired) electrons. The fourth-order valence-corrected chi connectivity index (χ4v) is 1.25. The lowest BCUT2D eigenvalue weighted by Gasteiger charge is -1.97. The van der Waals surface area contributed by atoms with E-state index in [2.05, 4.69) is 9.97 Å². The van der Waals surface area contributed by atoms with Crippen LogP contribution < -0.4 is 5.14 Å². The molecule has 1 aromatic rings. The van der Waals surface area contributed by atoms with Crippen molar-refractivity contribution < 1.29 is 8.42 Å². The van der Waals surface area contributed by atoms with Crippen molar-refractivity contribution in [3.63, 3.8) is 0 Å². The zero-order valence-electron chi connectivity index (χ0n) is 6.56. The minimum absolute atomic E-state index is 0.234. The van der Waals surface area contributed by atoms with Gasteiger partial charge in [-0.3, -0.25) is 0 Å². The SMILES string of the molecule is Cc1ccnc(CS(N)(=O)=O)n1. The van der Waals surface area contributed by atoms with E-state index >= 15 is 0 Å². The largest absolute Gasteiger partial charge is 0.240 e. The maximum Gasteiger partial charge on any atom is 0.216 e. The molecule has 0 spiro atoms. The maximum atomic E-state index is 10.6. The van der Waals surface area contributed by atoms with Crippen LogP contribution in [0.4, 0.5) is 0 Å². The second kappa shape index (κ2) is 3.16. The van der Waals surface area contributed by atoms with Gasteiger partial charge in [-0.05, 0) is 13.0 Å². The van der Waals surface area contributed by atoms with E-state index < -0.39 is 10.0 Å². The summed E-state index contributed by atoms with van der Waals surface area (Å²) < 4.78 is 21.2. The van der Waals surface area contributed by atoms with Gasteiger partial charge in [0.25, 0.3) is 0 Å². The van der Waals surface area contributed by atoms with Gasteiger partial charge in [-0.1, -0.05) is 0 Å². The minimum atomic E-state index is -3.52. The van der Waals surface area contributed by atoms with Crippen molar-refractivity contribution in [3.05, 3.63) is 23.8 Å². The molecule has 0 atom stereocenters. The van der Waals surface area contributed by atoms with Crippen LogP contribution in [0.5, 0.6) is 0 Å². The normalized spacial score (nSPS) is 11.5. The average molecular weight is 187 g/mol. The fraction of sp³-hybridized carbons (Fsp3) is 0.333. The Morgan fingerprint density at radius 2 is 2.25 bits per heavy atom. The van der Waals surface area contributed by atoms with Crippen molar-refractivity contribution in [2.45, 2.75) is 12.7 Å². The van der Waals surface area contributed by atoms with Gasteiger partial charge in [0.1, 0.15) is 11.6 Å². The molecule has 5 nitrogen and oxygen atoms in total. The van der Waals surface area contributed by atoms with E-state index in [1.54, 1.807) is 13.0 Å². The molecule has 0 saturated carbocycles. The van der Waals surface area contributed by atoms with Gasteiger partial charge < -0.3 is 0 Å². The second-order valence-electron chi connectivity index (χ2n) is 2.42. The average Bonchev–Trinajstić information content (AvgIpc) is 1.82. The molecule has 0 bridgehead atoms. The van der Waals surface area contributed by atoms with Crippen LogP contribution in [0.3, 0.4) is 0 Å².